The van der Waals surface area contributed by atoms with Crippen LogP contribution in [0.1, 0.15) is 37.8 Å². The lowest BCUT2D eigenvalue weighted by atomic mass is 9.92. The average Bonchev–Trinajstić information content (AvgIpc) is 3.00. The Morgan fingerprint density at radius 3 is 2.84 bits per heavy atom. The van der Waals surface area contributed by atoms with Crippen molar-refractivity contribution < 1.29 is 4.74 Å². The van der Waals surface area contributed by atoms with Gasteiger partial charge in [-0.05, 0) is 41.9 Å². The van der Waals surface area contributed by atoms with E-state index in [4.69, 9.17) is 16.3 Å². The van der Waals surface area contributed by atoms with Crippen LogP contribution in [0.3, 0.4) is 0 Å². The zero-order chi connectivity index (χ0) is 13.5. The molecule has 1 N–H and O–H groups in total. The molecule has 2 aliphatic rings. The zero-order valence-electron chi connectivity index (χ0n) is 11.8. The predicted octanol–water partition coefficient (Wildman–Crippen LogP) is 3.80. The zero-order valence-corrected chi connectivity index (χ0v) is 12.5. The van der Waals surface area contributed by atoms with Crippen LogP contribution in [0.25, 0.3) is 0 Å². The standard InChI is InChI=1S/C16H22ClNO/c1-11(2)16(4-5-16)10-18-9-13-8-14(17)7-12-3-6-19-15(12)13/h7-8,11,18H,3-6,9-10H2,1-2H3. The molecule has 3 rings (SSSR count). The van der Waals surface area contributed by atoms with E-state index in [1.165, 1.54) is 24.0 Å². The molecule has 0 amide bonds. The van der Waals surface area contributed by atoms with Crippen molar-refractivity contribution in [1.29, 1.82) is 0 Å². The van der Waals surface area contributed by atoms with Crippen LogP contribution in [0, 0.1) is 11.3 Å². The van der Waals surface area contributed by atoms with Gasteiger partial charge in [0.1, 0.15) is 5.75 Å². The fourth-order valence-corrected chi connectivity index (χ4v) is 3.31. The molecule has 0 radical (unpaired) electrons. The molecule has 1 fully saturated rings. The molecule has 1 aliphatic heterocycles. The van der Waals surface area contributed by atoms with E-state index in [9.17, 15) is 0 Å². The molecule has 19 heavy (non-hydrogen) atoms. The molecular weight excluding hydrogens is 258 g/mol. The summed E-state index contributed by atoms with van der Waals surface area (Å²) in [5.41, 5.74) is 3.01. The number of fused-ring (bicyclic) bond motifs is 1. The molecule has 0 unspecified atom stereocenters. The van der Waals surface area contributed by atoms with Crippen molar-refractivity contribution in [3.05, 3.63) is 28.3 Å². The third-order valence-corrected chi connectivity index (χ3v) is 4.95. The average molecular weight is 280 g/mol. The fourth-order valence-electron chi connectivity index (χ4n) is 3.04. The quantitative estimate of drug-likeness (QED) is 0.885. The van der Waals surface area contributed by atoms with Crippen LogP contribution in [0.5, 0.6) is 5.75 Å². The van der Waals surface area contributed by atoms with Gasteiger partial charge in [-0.25, -0.2) is 0 Å². The summed E-state index contributed by atoms with van der Waals surface area (Å²) in [6, 6.07) is 4.07. The van der Waals surface area contributed by atoms with Crippen LogP contribution < -0.4 is 10.1 Å². The van der Waals surface area contributed by atoms with Gasteiger partial charge in [0.2, 0.25) is 0 Å². The third-order valence-electron chi connectivity index (χ3n) is 4.73. The van der Waals surface area contributed by atoms with Crippen molar-refractivity contribution in [2.45, 2.75) is 39.7 Å². The summed E-state index contributed by atoms with van der Waals surface area (Å²) in [4.78, 5) is 0. The molecule has 2 nitrogen and oxygen atoms in total. The van der Waals surface area contributed by atoms with Gasteiger partial charge in [0.05, 0.1) is 6.61 Å². The van der Waals surface area contributed by atoms with E-state index in [-0.39, 0.29) is 0 Å². The molecule has 1 aliphatic carbocycles. The van der Waals surface area contributed by atoms with Gasteiger partial charge < -0.3 is 10.1 Å². The van der Waals surface area contributed by atoms with Gasteiger partial charge in [0.15, 0.2) is 0 Å². The van der Waals surface area contributed by atoms with Gasteiger partial charge in [-0.3, -0.25) is 0 Å². The highest BCUT2D eigenvalue weighted by Crippen LogP contribution is 2.51. The Hall–Kier alpha value is -0.730. The van der Waals surface area contributed by atoms with Gasteiger partial charge in [0, 0.05) is 30.1 Å². The summed E-state index contributed by atoms with van der Waals surface area (Å²) < 4.78 is 5.73. The Bertz CT molecular complexity index is 480. The summed E-state index contributed by atoms with van der Waals surface area (Å²) in [7, 11) is 0. The van der Waals surface area contributed by atoms with Crippen LogP contribution in [-0.2, 0) is 13.0 Å². The Balaban J connectivity index is 1.65. The van der Waals surface area contributed by atoms with Gasteiger partial charge in [-0.15, -0.1) is 0 Å². The summed E-state index contributed by atoms with van der Waals surface area (Å²) in [5.74, 6) is 1.83. The second-order valence-electron chi connectivity index (χ2n) is 6.27. The van der Waals surface area contributed by atoms with Crippen molar-refractivity contribution >= 4 is 11.6 Å². The highest BCUT2D eigenvalue weighted by molar-refractivity contribution is 6.30. The maximum absolute atomic E-state index is 6.18. The molecule has 104 valence electrons. The normalized spacial score (nSPS) is 19.4. The van der Waals surface area contributed by atoms with Crippen LogP contribution in [-0.4, -0.2) is 13.2 Å². The van der Waals surface area contributed by atoms with E-state index in [1.807, 2.05) is 12.1 Å². The van der Waals surface area contributed by atoms with Gasteiger partial charge in [-0.1, -0.05) is 25.4 Å². The number of hydrogen-bond donors (Lipinski definition) is 1. The van der Waals surface area contributed by atoms with Crippen molar-refractivity contribution in [3.63, 3.8) is 0 Å². The van der Waals surface area contributed by atoms with E-state index in [1.54, 1.807) is 0 Å². The van der Waals surface area contributed by atoms with E-state index in [0.717, 1.165) is 42.8 Å². The van der Waals surface area contributed by atoms with Gasteiger partial charge >= 0.3 is 0 Å². The molecule has 0 spiro atoms. The summed E-state index contributed by atoms with van der Waals surface area (Å²) >= 11 is 6.18. The van der Waals surface area contributed by atoms with Crippen LogP contribution in [0.15, 0.2) is 12.1 Å². The van der Waals surface area contributed by atoms with E-state index >= 15 is 0 Å². The van der Waals surface area contributed by atoms with E-state index < -0.39 is 0 Å². The van der Waals surface area contributed by atoms with Crippen molar-refractivity contribution in [2.24, 2.45) is 11.3 Å². The number of rotatable bonds is 5. The lowest BCUT2D eigenvalue weighted by Gasteiger charge is -2.20. The lowest BCUT2D eigenvalue weighted by Crippen LogP contribution is -2.27. The number of ether oxygens (including phenoxy) is 1. The Kier molecular flexibility index (Phi) is 3.48. The first kappa shape index (κ1) is 13.3. The molecule has 1 heterocycles. The molecule has 0 saturated heterocycles. The molecule has 0 bridgehead atoms. The smallest absolute Gasteiger partial charge is 0.127 e. The summed E-state index contributed by atoms with van der Waals surface area (Å²) in [6.07, 6.45) is 3.71. The largest absolute Gasteiger partial charge is 0.493 e. The SMILES string of the molecule is CC(C)C1(CNCc2cc(Cl)cc3c2OCC3)CC1. The molecule has 3 heteroatoms. The van der Waals surface area contributed by atoms with Crippen LogP contribution in [0.2, 0.25) is 5.02 Å². The molecular formula is C16H22ClNO. The van der Waals surface area contributed by atoms with Gasteiger partial charge in [0.25, 0.3) is 0 Å². The highest BCUT2D eigenvalue weighted by atomic mass is 35.5. The Labute approximate surface area is 120 Å². The molecule has 1 saturated carbocycles. The van der Waals surface area contributed by atoms with Crippen molar-refractivity contribution in [3.8, 4) is 5.75 Å². The highest BCUT2D eigenvalue weighted by Gasteiger charge is 2.44. The van der Waals surface area contributed by atoms with E-state index in [2.05, 4.69) is 19.2 Å². The number of hydrogen-bond acceptors (Lipinski definition) is 2. The Morgan fingerprint density at radius 1 is 1.37 bits per heavy atom. The first-order valence-corrected chi connectivity index (χ1v) is 7.63. The summed E-state index contributed by atoms with van der Waals surface area (Å²) in [6.45, 7) is 7.41. The number of nitrogens with one attached hydrogen (secondary N) is 1. The molecule has 1 aromatic carbocycles. The lowest BCUT2D eigenvalue weighted by molar-refractivity contribution is 0.332. The fraction of sp³-hybridized carbons (Fsp3) is 0.625. The van der Waals surface area contributed by atoms with E-state index in [0.29, 0.717) is 5.41 Å². The minimum atomic E-state index is 0.544. The first-order chi connectivity index (χ1) is 9.11. The van der Waals surface area contributed by atoms with Gasteiger partial charge in [-0.2, -0.15) is 0 Å². The van der Waals surface area contributed by atoms with Crippen molar-refractivity contribution in [2.75, 3.05) is 13.2 Å². The monoisotopic (exact) mass is 279 g/mol. The minimum absolute atomic E-state index is 0.544. The Morgan fingerprint density at radius 2 is 2.16 bits per heavy atom. The predicted molar refractivity (Wildman–Crippen MR) is 78.9 cm³/mol. The van der Waals surface area contributed by atoms with Crippen molar-refractivity contribution in [1.82, 2.24) is 5.32 Å². The minimum Gasteiger partial charge on any atom is -0.493 e. The molecule has 0 atom stereocenters. The maximum Gasteiger partial charge on any atom is 0.127 e. The molecule has 0 aromatic heterocycles. The number of benzene rings is 1. The first-order valence-electron chi connectivity index (χ1n) is 7.25. The topological polar surface area (TPSA) is 21.3 Å². The third kappa shape index (κ3) is 2.61. The van der Waals surface area contributed by atoms with Crippen LogP contribution >= 0.6 is 11.6 Å². The second-order valence-corrected chi connectivity index (χ2v) is 6.71. The second kappa shape index (κ2) is 4.99. The summed E-state index contributed by atoms with van der Waals surface area (Å²) in [5, 5.41) is 4.43. The maximum atomic E-state index is 6.18. The van der Waals surface area contributed by atoms with Crippen LogP contribution in [0.4, 0.5) is 0 Å². The molecule has 1 aromatic rings. The number of halogens is 1.